The molecule has 2 aromatic carbocycles. The predicted octanol–water partition coefficient (Wildman–Crippen LogP) is 3.42. The fraction of sp³-hybridized carbons (Fsp3) is 0.133. The summed E-state index contributed by atoms with van der Waals surface area (Å²) in [5.41, 5.74) is 4.20. The summed E-state index contributed by atoms with van der Waals surface area (Å²) in [6.45, 7) is 3.56. The lowest BCUT2D eigenvalue weighted by Gasteiger charge is -2.05. The van der Waals surface area contributed by atoms with Crippen molar-refractivity contribution in [2.75, 3.05) is 5.32 Å². The lowest BCUT2D eigenvalue weighted by Crippen LogP contribution is -2.05. The topological polar surface area (TPSA) is 29.1 Å². The van der Waals surface area contributed by atoms with Gasteiger partial charge in [0.05, 0.1) is 0 Å². The number of anilines is 1. The molecule has 0 bridgehead atoms. The van der Waals surface area contributed by atoms with Crippen molar-refractivity contribution in [2.45, 2.75) is 13.8 Å². The van der Waals surface area contributed by atoms with Crippen LogP contribution in [0.15, 0.2) is 42.5 Å². The molecular formula is C15H14NO. The Balaban J connectivity index is 2.26. The molecule has 0 fully saturated rings. The van der Waals surface area contributed by atoms with Crippen molar-refractivity contribution in [3.05, 3.63) is 54.1 Å². The lowest BCUT2D eigenvalue weighted by atomic mass is 10.0. The van der Waals surface area contributed by atoms with Gasteiger partial charge in [-0.25, -0.2) is 0 Å². The molecule has 0 atom stereocenters. The van der Waals surface area contributed by atoms with E-state index in [1.807, 2.05) is 36.4 Å². The van der Waals surface area contributed by atoms with E-state index in [-0.39, 0.29) is 5.91 Å². The Labute approximate surface area is 101 Å². The Hall–Kier alpha value is -2.09. The number of hydrogen-bond acceptors (Lipinski definition) is 1. The Bertz CT molecular complexity index is 529. The molecule has 0 aliphatic heterocycles. The molecular weight excluding hydrogens is 210 g/mol. The maximum atomic E-state index is 10.9. The summed E-state index contributed by atoms with van der Waals surface area (Å²) in [5, 5.41) is 2.75. The van der Waals surface area contributed by atoms with E-state index in [9.17, 15) is 4.79 Å². The van der Waals surface area contributed by atoms with Crippen LogP contribution in [-0.4, -0.2) is 5.91 Å². The van der Waals surface area contributed by atoms with Crippen molar-refractivity contribution in [3.8, 4) is 11.1 Å². The average molecular weight is 224 g/mol. The second-order valence-electron chi connectivity index (χ2n) is 4.04. The van der Waals surface area contributed by atoms with E-state index in [0.717, 1.165) is 16.8 Å². The number of aryl methyl sites for hydroxylation is 1. The first-order valence-electron chi connectivity index (χ1n) is 5.51. The molecule has 0 saturated heterocycles. The maximum absolute atomic E-state index is 10.9. The van der Waals surface area contributed by atoms with Crippen molar-refractivity contribution >= 4 is 11.6 Å². The molecule has 0 aliphatic carbocycles. The van der Waals surface area contributed by atoms with Crippen molar-refractivity contribution < 1.29 is 4.79 Å². The minimum absolute atomic E-state index is 0.0557. The van der Waals surface area contributed by atoms with Gasteiger partial charge >= 0.3 is 0 Å². The van der Waals surface area contributed by atoms with Crippen LogP contribution in [0.5, 0.6) is 0 Å². The molecule has 2 aromatic rings. The van der Waals surface area contributed by atoms with Gasteiger partial charge in [0, 0.05) is 12.6 Å². The number of carbonyl (C=O) groups is 1. The van der Waals surface area contributed by atoms with E-state index >= 15 is 0 Å². The Morgan fingerprint density at radius 3 is 2.47 bits per heavy atom. The number of hydrogen-bond donors (Lipinski definition) is 1. The van der Waals surface area contributed by atoms with Gasteiger partial charge in [-0.15, -0.1) is 0 Å². The van der Waals surface area contributed by atoms with Crippen LogP contribution in [0.3, 0.4) is 0 Å². The Morgan fingerprint density at radius 1 is 1.18 bits per heavy atom. The molecule has 1 N–H and O–H groups in total. The van der Waals surface area contributed by atoms with E-state index < -0.39 is 0 Å². The molecule has 1 amide bonds. The zero-order valence-corrected chi connectivity index (χ0v) is 9.95. The van der Waals surface area contributed by atoms with E-state index in [0.29, 0.717) is 0 Å². The Morgan fingerprint density at radius 2 is 1.88 bits per heavy atom. The third-order valence-corrected chi connectivity index (χ3v) is 2.47. The van der Waals surface area contributed by atoms with Gasteiger partial charge in [-0.2, -0.15) is 0 Å². The minimum Gasteiger partial charge on any atom is -0.326 e. The zero-order valence-electron chi connectivity index (χ0n) is 9.95. The molecule has 17 heavy (non-hydrogen) atoms. The molecule has 1 radical (unpaired) electrons. The lowest BCUT2D eigenvalue weighted by molar-refractivity contribution is -0.114. The molecule has 0 heterocycles. The number of carbonyl (C=O) groups excluding carboxylic acids is 1. The summed E-state index contributed by atoms with van der Waals surface area (Å²) < 4.78 is 0. The van der Waals surface area contributed by atoms with Crippen LogP contribution in [0.25, 0.3) is 11.1 Å². The number of rotatable bonds is 2. The van der Waals surface area contributed by atoms with Crippen LogP contribution in [0, 0.1) is 13.0 Å². The van der Waals surface area contributed by atoms with Gasteiger partial charge in [0.1, 0.15) is 0 Å². The first-order chi connectivity index (χ1) is 8.15. The first kappa shape index (κ1) is 11.4. The van der Waals surface area contributed by atoms with E-state index in [4.69, 9.17) is 0 Å². The van der Waals surface area contributed by atoms with Gasteiger partial charge in [0.25, 0.3) is 0 Å². The summed E-state index contributed by atoms with van der Waals surface area (Å²) in [7, 11) is 0. The summed E-state index contributed by atoms with van der Waals surface area (Å²) in [5.74, 6) is -0.0557. The highest BCUT2D eigenvalue weighted by molar-refractivity contribution is 5.88. The van der Waals surface area contributed by atoms with Crippen LogP contribution in [0.2, 0.25) is 0 Å². The molecule has 0 saturated carbocycles. The SMILES string of the molecule is CC(=O)Nc1ccc(-c2[c]ccc(C)c2)cc1. The standard InChI is InChI=1S/C15H14NO/c1-11-4-3-5-14(10-11)13-6-8-15(9-7-13)16-12(2)17/h3-4,6-10H,1-2H3,(H,16,17). The van der Waals surface area contributed by atoms with Gasteiger partial charge in [0.2, 0.25) is 5.91 Å². The van der Waals surface area contributed by atoms with Gasteiger partial charge in [-0.3, -0.25) is 4.79 Å². The van der Waals surface area contributed by atoms with E-state index in [1.54, 1.807) is 0 Å². The van der Waals surface area contributed by atoms with Crippen molar-refractivity contribution in [1.82, 2.24) is 0 Å². The van der Waals surface area contributed by atoms with Gasteiger partial charge in [-0.05, 0) is 36.2 Å². The van der Waals surface area contributed by atoms with Crippen LogP contribution >= 0.6 is 0 Å². The maximum Gasteiger partial charge on any atom is 0.221 e. The second-order valence-corrected chi connectivity index (χ2v) is 4.04. The molecule has 0 aromatic heterocycles. The Kier molecular flexibility index (Phi) is 3.24. The summed E-state index contributed by atoms with van der Waals surface area (Å²) in [6, 6.07) is 17.0. The fourth-order valence-corrected chi connectivity index (χ4v) is 1.68. The third kappa shape index (κ3) is 2.94. The van der Waals surface area contributed by atoms with Crippen molar-refractivity contribution in [1.29, 1.82) is 0 Å². The predicted molar refractivity (Wildman–Crippen MR) is 69.8 cm³/mol. The van der Waals surface area contributed by atoms with Gasteiger partial charge in [0.15, 0.2) is 0 Å². The second kappa shape index (κ2) is 4.83. The quantitative estimate of drug-likeness (QED) is 0.832. The van der Waals surface area contributed by atoms with Crippen LogP contribution in [-0.2, 0) is 4.79 Å². The molecule has 2 rings (SSSR count). The highest BCUT2D eigenvalue weighted by atomic mass is 16.1. The van der Waals surface area contributed by atoms with Crippen molar-refractivity contribution in [2.24, 2.45) is 0 Å². The minimum atomic E-state index is -0.0557. The summed E-state index contributed by atoms with van der Waals surface area (Å²) in [6.07, 6.45) is 0. The molecule has 2 heteroatoms. The summed E-state index contributed by atoms with van der Waals surface area (Å²) in [4.78, 5) is 10.9. The van der Waals surface area contributed by atoms with Crippen LogP contribution in [0.4, 0.5) is 5.69 Å². The van der Waals surface area contributed by atoms with E-state index in [2.05, 4.69) is 24.4 Å². The highest BCUT2D eigenvalue weighted by Crippen LogP contribution is 2.21. The molecule has 2 nitrogen and oxygen atoms in total. The smallest absolute Gasteiger partial charge is 0.221 e. The van der Waals surface area contributed by atoms with Gasteiger partial charge in [-0.1, -0.05) is 35.9 Å². The largest absolute Gasteiger partial charge is 0.326 e. The molecule has 0 spiro atoms. The van der Waals surface area contributed by atoms with Crippen molar-refractivity contribution in [3.63, 3.8) is 0 Å². The molecule has 0 unspecified atom stereocenters. The third-order valence-electron chi connectivity index (χ3n) is 2.47. The normalized spacial score (nSPS) is 10.0. The highest BCUT2D eigenvalue weighted by Gasteiger charge is 1.99. The number of nitrogens with one attached hydrogen (secondary N) is 1. The molecule has 0 aliphatic rings. The monoisotopic (exact) mass is 224 g/mol. The van der Waals surface area contributed by atoms with E-state index in [1.165, 1.54) is 12.5 Å². The fourth-order valence-electron chi connectivity index (χ4n) is 1.68. The number of benzene rings is 2. The van der Waals surface area contributed by atoms with Gasteiger partial charge < -0.3 is 5.32 Å². The first-order valence-corrected chi connectivity index (χ1v) is 5.51. The summed E-state index contributed by atoms with van der Waals surface area (Å²) >= 11 is 0. The average Bonchev–Trinajstić information content (AvgIpc) is 2.29. The van der Waals surface area contributed by atoms with Crippen LogP contribution < -0.4 is 5.32 Å². The zero-order chi connectivity index (χ0) is 12.3. The van der Waals surface area contributed by atoms with Crippen LogP contribution in [0.1, 0.15) is 12.5 Å². The molecule has 85 valence electrons. The number of amides is 1.